The highest BCUT2D eigenvalue weighted by atomic mass is 19.3. The van der Waals surface area contributed by atoms with Crippen molar-refractivity contribution in [2.75, 3.05) is 6.61 Å². The van der Waals surface area contributed by atoms with Crippen molar-refractivity contribution in [3.8, 4) is 0 Å². The number of hydrogen-bond acceptors (Lipinski definition) is 3. The third kappa shape index (κ3) is 3.30. The minimum atomic E-state index is -2.41. The molecule has 1 aromatic heterocycles. The van der Waals surface area contributed by atoms with Crippen LogP contribution in [0, 0.1) is 6.92 Å². The van der Waals surface area contributed by atoms with Gasteiger partial charge in [0, 0.05) is 12.1 Å². The lowest BCUT2D eigenvalue weighted by atomic mass is 10.2. The number of carbonyl (C=O) groups is 1. The van der Waals surface area contributed by atoms with Gasteiger partial charge in [-0.2, -0.15) is 0 Å². The lowest BCUT2D eigenvalue weighted by molar-refractivity contribution is -0.128. The lowest BCUT2D eigenvalue weighted by Gasteiger charge is -2.07. The highest BCUT2D eigenvalue weighted by Crippen LogP contribution is 2.10. The molecule has 0 radical (unpaired) electrons. The van der Waals surface area contributed by atoms with Gasteiger partial charge in [-0.25, -0.2) is 13.8 Å². The Labute approximate surface area is 85.9 Å². The van der Waals surface area contributed by atoms with Crippen LogP contribution in [0.4, 0.5) is 8.78 Å². The number of carbonyl (C=O) groups excluding carboxylic acids is 1. The molecule has 0 spiro atoms. The van der Waals surface area contributed by atoms with E-state index < -0.39 is 6.43 Å². The van der Waals surface area contributed by atoms with Gasteiger partial charge >= 0.3 is 0 Å². The molecule has 1 rings (SSSR count). The fourth-order valence-electron chi connectivity index (χ4n) is 1.34. The normalized spacial score (nSPS) is 10.7. The maximum absolute atomic E-state index is 12.2. The summed E-state index contributed by atoms with van der Waals surface area (Å²) in [5, 5.41) is 0. The zero-order valence-electron chi connectivity index (χ0n) is 8.32. The summed E-state index contributed by atoms with van der Waals surface area (Å²) in [5.74, 6) is 0. The first kappa shape index (κ1) is 11.6. The average Bonchev–Trinajstić information content (AvgIpc) is 2.49. The van der Waals surface area contributed by atoms with E-state index >= 15 is 0 Å². The number of imidazole rings is 1. The van der Waals surface area contributed by atoms with Crippen LogP contribution in [-0.4, -0.2) is 29.1 Å². The summed E-state index contributed by atoms with van der Waals surface area (Å²) in [4.78, 5) is 13.9. The van der Waals surface area contributed by atoms with Crippen LogP contribution in [0.5, 0.6) is 0 Å². The number of nitrogens with zero attached hydrogens (tertiary/aromatic N) is 2. The van der Waals surface area contributed by atoms with Crippen molar-refractivity contribution >= 4 is 6.47 Å². The predicted octanol–water partition coefficient (Wildman–Crippen LogP) is 1.17. The second-order valence-electron chi connectivity index (χ2n) is 3.04. The van der Waals surface area contributed by atoms with Crippen LogP contribution >= 0.6 is 0 Å². The summed E-state index contributed by atoms with van der Waals surface area (Å²) in [5.41, 5.74) is 1.36. The van der Waals surface area contributed by atoms with E-state index in [1.165, 1.54) is 10.9 Å². The maximum atomic E-state index is 12.2. The highest BCUT2D eigenvalue weighted by molar-refractivity contribution is 5.36. The van der Waals surface area contributed by atoms with Gasteiger partial charge in [0.1, 0.15) is 0 Å². The Bertz CT molecular complexity index is 326. The lowest BCUT2D eigenvalue weighted by Crippen LogP contribution is -2.11. The molecule has 84 valence electrons. The molecule has 15 heavy (non-hydrogen) atoms. The van der Waals surface area contributed by atoms with E-state index in [0.29, 0.717) is 24.3 Å². The summed E-state index contributed by atoms with van der Waals surface area (Å²) in [6, 6.07) is 0. The van der Waals surface area contributed by atoms with E-state index in [4.69, 9.17) is 0 Å². The molecular formula is C9H12F2N2O2. The summed E-state index contributed by atoms with van der Waals surface area (Å²) < 4.78 is 30.2. The number of aromatic nitrogens is 2. The molecule has 0 saturated carbocycles. The van der Waals surface area contributed by atoms with E-state index in [1.54, 1.807) is 6.92 Å². The van der Waals surface area contributed by atoms with E-state index in [0.717, 1.165) is 0 Å². The molecule has 0 aromatic carbocycles. The molecule has 0 N–H and O–H groups in total. The Morgan fingerprint density at radius 1 is 1.67 bits per heavy atom. The summed E-state index contributed by atoms with van der Waals surface area (Å²) in [6.45, 7) is 1.87. The summed E-state index contributed by atoms with van der Waals surface area (Å²) in [7, 11) is 0. The van der Waals surface area contributed by atoms with Crippen molar-refractivity contribution in [2.24, 2.45) is 0 Å². The van der Waals surface area contributed by atoms with E-state index in [1.807, 2.05) is 0 Å². The largest absolute Gasteiger partial charge is 0.467 e. The second kappa shape index (κ2) is 5.43. The summed E-state index contributed by atoms with van der Waals surface area (Å²) >= 11 is 0. The Balaban J connectivity index is 2.66. The van der Waals surface area contributed by atoms with Crippen molar-refractivity contribution in [3.05, 3.63) is 17.7 Å². The van der Waals surface area contributed by atoms with Gasteiger partial charge in [0.25, 0.3) is 12.9 Å². The van der Waals surface area contributed by atoms with Crippen molar-refractivity contribution in [3.63, 3.8) is 0 Å². The Kier molecular flexibility index (Phi) is 4.20. The maximum Gasteiger partial charge on any atom is 0.293 e. The van der Waals surface area contributed by atoms with Crippen molar-refractivity contribution in [1.29, 1.82) is 0 Å². The standard InChI is InChI=1S/C9H12F2N2O2/c1-7-8(2-3-15-6-14)13(5-12-7)4-9(10)11/h5-6,9H,2-4H2,1H3. The van der Waals surface area contributed by atoms with Gasteiger partial charge in [0.15, 0.2) is 0 Å². The number of ether oxygens (including phenoxy) is 1. The Morgan fingerprint density at radius 2 is 2.40 bits per heavy atom. The SMILES string of the molecule is Cc1ncn(CC(F)F)c1CCOC=O. The van der Waals surface area contributed by atoms with Crippen LogP contribution in [0.25, 0.3) is 0 Å². The molecule has 0 atom stereocenters. The van der Waals surface area contributed by atoms with E-state index in [2.05, 4.69) is 9.72 Å². The first-order valence-corrected chi connectivity index (χ1v) is 4.49. The van der Waals surface area contributed by atoms with Crippen LogP contribution in [0.15, 0.2) is 6.33 Å². The van der Waals surface area contributed by atoms with Gasteiger partial charge in [-0.15, -0.1) is 0 Å². The quantitative estimate of drug-likeness (QED) is 0.532. The molecule has 1 heterocycles. The third-order valence-corrected chi connectivity index (χ3v) is 2.01. The Hall–Kier alpha value is -1.46. The van der Waals surface area contributed by atoms with Crippen LogP contribution in [0.2, 0.25) is 0 Å². The predicted molar refractivity (Wildman–Crippen MR) is 48.7 cm³/mol. The minimum Gasteiger partial charge on any atom is -0.467 e. The molecule has 0 fully saturated rings. The zero-order chi connectivity index (χ0) is 11.3. The van der Waals surface area contributed by atoms with Gasteiger partial charge in [-0.3, -0.25) is 4.79 Å². The topological polar surface area (TPSA) is 44.1 Å². The average molecular weight is 218 g/mol. The fraction of sp³-hybridized carbons (Fsp3) is 0.556. The van der Waals surface area contributed by atoms with Gasteiger partial charge in [0.05, 0.1) is 25.2 Å². The second-order valence-corrected chi connectivity index (χ2v) is 3.04. The minimum absolute atomic E-state index is 0.180. The fourth-order valence-corrected chi connectivity index (χ4v) is 1.34. The molecule has 0 amide bonds. The highest BCUT2D eigenvalue weighted by Gasteiger charge is 2.11. The van der Waals surface area contributed by atoms with Gasteiger partial charge in [-0.1, -0.05) is 0 Å². The number of aryl methyl sites for hydroxylation is 1. The van der Waals surface area contributed by atoms with E-state index in [9.17, 15) is 13.6 Å². The van der Waals surface area contributed by atoms with Crippen molar-refractivity contribution < 1.29 is 18.3 Å². The molecule has 0 unspecified atom stereocenters. The molecule has 4 nitrogen and oxygen atoms in total. The van der Waals surface area contributed by atoms with Crippen LogP contribution in [0.1, 0.15) is 11.4 Å². The number of alkyl halides is 2. The number of hydrogen-bond donors (Lipinski definition) is 0. The Morgan fingerprint density at radius 3 is 3.00 bits per heavy atom. The van der Waals surface area contributed by atoms with Gasteiger partial charge in [-0.05, 0) is 6.92 Å². The molecule has 0 aliphatic rings. The van der Waals surface area contributed by atoms with Crippen LogP contribution < -0.4 is 0 Å². The molecule has 0 saturated heterocycles. The first-order valence-electron chi connectivity index (χ1n) is 4.49. The number of halogens is 2. The summed E-state index contributed by atoms with van der Waals surface area (Å²) in [6.07, 6.45) is -0.640. The third-order valence-electron chi connectivity index (χ3n) is 2.01. The monoisotopic (exact) mass is 218 g/mol. The molecule has 6 heteroatoms. The zero-order valence-corrected chi connectivity index (χ0v) is 8.32. The molecule has 0 bridgehead atoms. The van der Waals surface area contributed by atoms with Crippen molar-refractivity contribution in [1.82, 2.24) is 9.55 Å². The van der Waals surface area contributed by atoms with Crippen LogP contribution in [-0.2, 0) is 22.5 Å². The van der Waals surface area contributed by atoms with Gasteiger partial charge < -0.3 is 9.30 Å². The van der Waals surface area contributed by atoms with E-state index in [-0.39, 0.29) is 13.2 Å². The van der Waals surface area contributed by atoms with Gasteiger partial charge in [0.2, 0.25) is 0 Å². The molecular weight excluding hydrogens is 206 g/mol. The first-order chi connectivity index (χ1) is 7.15. The molecule has 1 aromatic rings. The molecule has 0 aliphatic carbocycles. The van der Waals surface area contributed by atoms with Crippen LogP contribution in [0.3, 0.4) is 0 Å². The number of rotatable bonds is 6. The van der Waals surface area contributed by atoms with Crippen molar-refractivity contribution in [2.45, 2.75) is 26.3 Å². The smallest absolute Gasteiger partial charge is 0.293 e. The molecule has 0 aliphatic heterocycles.